The Morgan fingerprint density at radius 3 is 2.53 bits per heavy atom. The van der Waals surface area contributed by atoms with Crippen molar-refractivity contribution in [2.45, 2.75) is 39.7 Å². The first-order valence-corrected chi connectivity index (χ1v) is 6.24. The van der Waals surface area contributed by atoms with Crippen LogP contribution in [0.3, 0.4) is 0 Å². The van der Waals surface area contributed by atoms with Crippen molar-refractivity contribution in [1.29, 1.82) is 0 Å². The molecule has 0 fully saturated rings. The van der Waals surface area contributed by atoms with E-state index in [0.717, 1.165) is 5.69 Å². The highest BCUT2D eigenvalue weighted by atomic mass is 35.5. The molecular formula is C13H23ClN4O. The summed E-state index contributed by atoms with van der Waals surface area (Å²) in [4.78, 5) is 20.5. The molecule has 0 saturated heterocycles. The zero-order valence-corrected chi connectivity index (χ0v) is 13.0. The number of likely N-dealkylation sites (N-methyl/N-ethyl adjacent to an activating group) is 1. The highest BCUT2D eigenvalue weighted by Crippen LogP contribution is 2.16. The molecule has 1 unspecified atom stereocenters. The predicted molar refractivity (Wildman–Crippen MR) is 79.0 cm³/mol. The van der Waals surface area contributed by atoms with Crippen LogP contribution in [0.4, 0.5) is 0 Å². The Kier molecular flexibility index (Phi) is 7.56. The van der Waals surface area contributed by atoms with Gasteiger partial charge < -0.3 is 10.6 Å². The molecule has 1 amide bonds. The second-order valence-electron chi connectivity index (χ2n) is 4.77. The van der Waals surface area contributed by atoms with Crippen molar-refractivity contribution in [3.05, 3.63) is 23.3 Å². The fourth-order valence-electron chi connectivity index (χ4n) is 1.55. The van der Waals surface area contributed by atoms with E-state index in [4.69, 9.17) is 0 Å². The van der Waals surface area contributed by atoms with Crippen LogP contribution in [0.15, 0.2) is 6.20 Å². The van der Waals surface area contributed by atoms with Gasteiger partial charge in [0, 0.05) is 18.8 Å². The minimum absolute atomic E-state index is 0. The molecule has 0 saturated carbocycles. The van der Waals surface area contributed by atoms with Gasteiger partial charge in [-0.3, -0.25) is 4.79 Å². The SMILES string of the molecule is CNC(C)CNC(=O)c1cnc(C)nc1C(C)C.Cl. The van der Waals surface area contributed by atoms with Crippen molar-refractivity contribution < 1.29 is 4.79 Å². The molecule has 6 heteroatoms. The Balaban J connectivity index is 0.00000324. The molecule has 1 heterocycles. The van der Waals surface area contributed by atoms with Gasteiger partial charge in [-0.15, -0.1) is 12.4 Å². The second-order valence-corrected chi connectivity index (χ2v) is 4.77. The van der Waals surface area contributed by atoms with E-state index in [1.54, 1.807) is 6.20 Å². The van der Waals surface area contributed by atoms with Crippen molar-refractivity contribution in [3.8, 4) is 0 Å². The van der Waals surface area contributed by atoms with Crippen LogP contribution in [-0.2, 0) is 0 Å². The zero-order chi connectivity index (χ0) is 13.7. The minimum Gasteiger partial charge on any atom is -0.350 e. The maximum atomic E-state index is 12.1. The van der Waals surface area contributed by atoms with Crippen LogP contribution in [0, 0.1) is 6.92 Å². The first-order valence-electron chi connectivity index (χ1n) is 6.24. The first-order chi connectivity index (χ1) is 8.45. The number of carbonyl (C=O) groups is 1. The zero-order valence-electron chi connectivity index (χ0n) is 12.2. The van der Waals surface area contributed by atoms with Gasteiger partial charge in [0.25, 0.3) is 5.91 Å². The van der Waals surface area contributed by atoms with Crippen molar-refractivity contribution >= 4 is 18.3 Å². The van der Waals surface area contributed by atoms with Gasteiger partial charge in [0.2, 0.25) is 0 Å². The molecule has 0 bridgehead atoms. The molecule has 0 aliphatic rings. The van der Waals surface area contributed by atoms with Crippen molar-refractivity contribution in [3.63, 3.8) is 0 Å². The van der Waals surface area contributed by atoms with Gasteiger partial charge in [-0.2, -0.15) is 0 Å². The fraction of sp³-hybridized carbons (Fsp3) is 0.615. The third-order valence-corrected chi connectivity index (χ3v) is 2.79. The first kappa shape index (κ1) is 17.8. The van der Waals surface area contributed by atoms with Crippen molar-refractivity contribution in [2.24, 2.45) is 0 Å². The number of hydrogen-bond donors (Lipinski definition) is 2. The summed E-state index contributed by atoms with van der Waals surface area (Å²) in [6.45, 7) is 8.47. The van der Waals surface area contributed by atoms with E-state index in [0.29, 0.717) is 17.9 Å². The van der Waals surface area contributed by atoms with Crippen LogP contribution in [-0.4, -0.2) is 35.5 Å². The Morgan fingerprint density at radius 2 is 2.00 bits per heavy atom. The summed E-state index contributed by atoms with van der Waals surface area (Å²) in [5.41, 5.74) is 1.37. The number of aromatic nitrogens is 2. The second kappa shape index (κ2) is 8.07. The summed E-state index contributed by atoms with van der Waals surface area (Å²) in [5, 5.41) is 5.96. The molecule has 0 radical (unpaired) electrons. The van der Waals surface area contributed by atoms with E-state index in [2.05, 4.69) is 20.6 Å². The van der Waals surface area contributed by atoms with E-state index in [-0.39, 0.29) is 30.3 Å². The quantitative estimate of drug-likeness (QED) is 0.864. The molecule has 108 valence electrons. The van der Waals surface area contributed by atoms with E-state index in [9.17, 15) is 4.79 Å². The summed E-state index contributed by atoms with van der Waals surface area (Å²) in [5.74, 6) is 0.786. The summed E-state index contributed by atoms with van der Waals surface area (Å²) in [7, 11) is 1.87. The normalized spacial score (nSPS) is 11.9. The molecule has 0 aliphatic heterocycles. The van der Waals surface area contributed by atoms with Crippen LogP contribution in [0.25, 0.3) is 0 Å². The summed E-state index contributed by atoms with van der Waals surface area (Å²) < 4.78 is 0. The van der Waals surface area contributed by atoms with E-state index in [1.807, 2.05) is 34.7 Å². The largest absolute Gasteiger partial charge is 0.350 e. The van der Waals surface area contributed by atoms with Gasteiger partial charge in [0.15, 0.2) is 0 Å². The van der Waals surface area contributed by atoms with Gasteiger partial charge in [0.1, 0.15) is 5.82 Å². The molecule has 1 aromatic heterocycles. The molecule has 1 aromatic rings. The van der Waals surface area contributed by atoms with E-state index >= 15 is 0 Å². The number of rotatable bonds is 5. The lowest BCUT2D eigenvalue weighted by Crippen LogP contribution is -2.37. The lowest BCUT2D eigenvalue weighted by atomic mass is 10.0. The Labute approximate surface area is 121 Å². The van der Waals surface area contributed by atoms with Gasteiger partial charge in [0.05, 0.1) is 11.3 Å². The van der Waals surface area contributed by atoms with Crippen molar-refractivity contribution in [2.75, 3.05) is 13.6 Å². The number of nitrogens with zero attached hydrogens (tertiary/aromatic N) is 2. The monoisotopic (exact) mass is 286 g/mol. The smallest absolute Gasteiger partial charge is 0.254 e. The average Bonchev–Trinajstić information content (AvgIpc) is 2.35. The van der Waals surface area contributed by atoms with Crippen LogP contribution in [0.2, 0.25) is 0 Å². The third kappa shape index (κ3) is 5.12. The average molecular weight is 287 g/mol. The molecule has 2 N–H and O–H groups in total. The Morgan fingerprint density at radius 1 is 1.37 bits per heavy atom. The lowest BCUT2D eigenvalue weighted by Gasteiger charge is -2.14. The maximum absolute atomic E-state index is 12.1. The Hall–Kier alpha value is -1.20. The van der Waals surface area contributed by atoms with Crippen LogP contribution >= 0.6 is 12.4 Å². The highest BCUT2D eigenvalue weighted by molar-refractivity contribution is 5.95. The van der Waals surface area contributed by atoms with Crippen LogP contribution in [0.1, 0.15) is 48.6 Å². The maximum Gasteiger partial charge on any atom is 0.254 e. The number of nitrogens with one attached hydrogen (secondary N) is 2. The molecule has 19 heavy (non-hydrogen) atoms. The molecule has 0 aliphatic carbocycles. The summed E-state index contributed by atoms with van der Waals surface area (Å²) >= 11 is 0. The Bertz CT molecular complexity index is 423. The van der Waals surface area contributed by atoms with Crippen molar-refractivity contribution in [1.82, 2.24) is 20.6 Å². The number of carbonyl (C=O) groups excluding carboxylic acids is 1. The summed E-state index contributed by atoms with van der Waals surface area (Å²) in [6, 6.07) is 0.239. The molecule has 1 atom stereocenters. The number of hydrogen-bond acceptors (Lipinski definition) is 4. The van der Waals surface area contributed by atoms with E-state index < -0.39 is 0 Å². The molecule has 5 nitrogen and oxygen atoms in total. The molecule has 0 spiro atoms. The number of halogens is 1. The molecule has 0 aromatic carbocycles. The predicted octanol–water partition coefficient (Wildman–Crippen LogP) is 1.67. The topological polar surface area (TPSA) is 66.9 Å². The van der Waals surface area contributed by atoms with Crippen LogP contribution < -0.4 is 10.6 Å². The van der Waals surface area contributed by atoms with Crippen LogP contribution in [0.5, 0.6) is 0 Å². The minimum atomic E-state index is -0.110. The van der Waals surface area contributed by atoms with E-state index in [1.165, 1.54) is 0 Å². The van der Waals surface area contributed by atoms with Gasteiger partial charge in [-0.05, 0) is 26.8 Å². The van der Waals surface area contributed by atoms with Gasteiger partial charge in [-0.25, -0.2) is 9.97 Å². The van der Waals surface area contributed by atoms with Gasteiger partial charge in [-0.1, -0.05) is 13.8 Å². The third-order valence-electron chi connectivity index (χ3n) is 2.79. The molecular weight excluding hydrogens is 264 g/mol. The lowest BCUT2D eigenvalue weighted by molar-refractivity contribution is 0.0948. The standard InChI is InChI=1S/C13H22N4O.ClH/c1-8(2)12-11(7-15-10(4)17-12)13(18)16-6-9(3)14-5;/h7-9,14H,6H2,1-5H3,(H,16,18);1H. The summed E-state index contributed by atoms with van der Waals surface area (Å²) in [6.07, 6.45) is 1.61. The fourth-order valence-corrected chi connectivity index (χ4v) is 1.55. The number of aryl methyl sites for hydroxylation is 1. The molecule has 1 rings (SSSR count). The van der Waals surface area contributed by atoms with Gasteiger partial charge >= 0.3 is 0 Å². The highest BCUT2D eigenvalue weighted by Gasteiger charge is 2.16. The number of amides is 1.